The van der Waals surface area contributed by atoms with E-state index in [-0.39, 0.29) is 11.7 Å². The molecule has 0 spiro atoms. The molecule has 1 atom stereocenters. The number of rotatable bonds is 5. The van der Waals surface area contributed by atoms with Crippen LogP contribution in [0.15, 0.2) is 24.3 Å². The fraction of sp³-hybridized carbons (Fsp3) is 0.467. The first-order valence-corrected chi connectivity index (χ1v) is 7.05. The minimum absolute atomic E-state index is 0.0872. The fourth-order valence-corrected chi connectivity index (χ4v) is 2.25. The fourth-order valence-electron chi connectivity index (χ4n) is 2.25. The van der Waals surface area contributed by atoms with E-state index in [2.05, 4.69) is 0 Å². The average molecular weight is 294 g/mol. The van der Waals surface area contributed by atoms with Gasteiger partial charge in [0, 0.05) is 26.2 Å². The number of carbonyl (C=O) groups is 2. The number of amides is 2. The van der Waals surface area contributed by atoms with Crippen molar-refractivity contribution < 1.29 is 18.7 Å². The van der Waals surface area contributed by atoms with Gasteiger partial charge in [0.25, 0.3) is 5.91 Å². The molecule has 1 aromatic rings. The second-order valence-electron chi connectivity index (χ2n) is 4.91. The van der Waals surface area contributed by atoms with Crippen LogP contribution in [-0.4, -0.2) is 54.4 Å². The van der Waals surface area contributed by atoms with E-state index < -0.39 is 11.9 Å². The second kappa shape index (κ2) is 7.06. The molecule has 114 valence electrons. The Balaban J connectivity index is 1.99. The number of ether oxygens (including phenoxy) is 1. The van der Waals surface area contributed by atoms with Crippen molar-refractivity contribution in [3.8, 4) is 5.75 Å². The zero-order valence-electron chi connectivity index (χ0n) is 12.0. The molecule has 0 bridgehead atoms. The topological polar surface area (TPSA) is 49.9 Å². The molecule has 1 fully saturated rings. The largest absolute Gasteiger partial charge is 0.478 e. The Morgan fingerprint density at radius 1 is 1.33 bits per heavy atom. The first-order valence-electron chi connectivity index (χ1n) is 7.05. The monoisotopic (exact) mass is 294 g/mol. The second-order valence-corrected chi connectivity index (χ2v) is 4.91. The lowest BCUT2D eigenvalue weighted by molar-refractivity contribution is -0.142. The number of hydrogen-bond acceptors (Lipinski definition) is 3. The zero-order valence-corrected chi connectivity index (χ0v) is 12.0. The third-order valence-electron chi connectivity index (χ3n) is 3.53. The molecule has 0 aromatic heterocycles. The number of nitrogens with zero attached hydrogens (tertiary/aromatic N) is 2. The maximum absolute atomic E-state index is 13.6. The molecular formula is C15H19FN2O3. The number of hydrogen-bond donors (Lipinski definition) is 0. The zero-order chi connectivity index (χ0) is 15.2. The van der Waals surface area contributed by atoms with Gasteiger partial charge >= 0.3 is 0 Å². The number of benzene rings is 1. The summed E-state index contributed by atoms with van der Waals surface area (Å²) in [6.07, 6.45) is 0.542. The lowest BCUT2D eigenvalue weighted by Gasteiger charge is -2.34. The highest BCUT2D eigenvalue weighted by Gasteiger charge is 2.27. The van der Waals surface area contributed by atoms with Gasteiger partial charge in [-0.25, -0.2) is 4.39 Å². The highest BCUT2D eigenvalue weighted by Crippen LogP contribution is 2.19. The molecule has 0 aliphatic carbocycles. The Kier molecular flexibility index (Phi) is 5.14. The van der Waals surface area contributed by atoms with E-state index in [9.17, 15) is 14.0 Å². The van der Waals surface area contributed by atoms with Crippen LogP contribution >= 0.6 is 0 Å². The normalized spacial score (nSPS) is 16.5. The molecule has 5 nitrogen and oxygen atoms in total. The van der Waals surface area contributed by atoms with Crippen LogP contribution in [0.2, 0.25) is 0 Å². The van der Waals surface area contributed by atoms with Gasteiger partial charge in [-0.3, -0.25) is 9.59 Å². The van der Waals surface area contributed by atoms with E-state index in [0.717, 1.165) is 6.41 Å². The molecule has 1 aromatic carbocycles. The Morgan fingerprint density at radius 2 is 2.00 bits per heavy atom. The predicted molar refractivity (Wildman–Crippen MR) is 75.3 cm³/mol. The molecule has 0 unspecified atom stereocenters. The summed E-state index contributed by atoms with van der Waals surface area (Å²) in [6.45, 7) is 3.82. The highest BCUT2D eigenvalue weighted by molar-refractivity contribution is 5.81. The minimum atomic E-state index is -0.704. The van der Waals surface area contributed by atoms with Gasteiger partial charge in [-0.15, -0.1) is 0 Å². The van der Waals surface area contributed by atoms with Crippen LogP contribution in [0.25, 0.3) is 0 Å². The quantitative estimate of drug-likeness (QED) is 0.769. The van der Waals surface area contributed by atoms with Gasteiger partial charge in [-0.1, -0.05) is 19.1 Å². The molecule has 0 saturated carbocycles. The van der Waals surface area contributed by atoms with Crippen molar-refractivity contribution in [3.63, 3.8) is 0 Å². The van der Waals surface area contributed by atoms with Crippen molar-refractivity contribution in [2.45, 2.75) is 19.4 Å². The summed E-state index contributed by atoms with van der Waals surface area (Å²) in [5, 5.41) is 0. The summed E-state index contributed by atoms with van der Waals surface area (Å²) in [4.78, 5) is 26.4. The molecule has 1 aliphatic heterocycles. The molecule has 1 heterocycles. The Hall–Kier alpha value is -2.11. The lowest BCUT2D eigenvalue weighted by Crippen LogP contribution is -2.51. The van der Waals surface area contributed by atoms with Crippen molar-refractivity contribution in [2.24, 2.45) is 0 Å². The van der Waals surface area contributed by atoms with Gasteiger partial charge in [0.15, 0.2) is 17.7 Å². The first-order chi connectivity index (χ1) is 10.2. The molecule has 0 N–H and O–H groups in total. The summed E-state index contributed by atoms with van der Waals surface area (Å²) in [5.74, 6) is -0.551. The third kappa shape index (κ3) is 3.71. The Bertz CT molecular complexity index is 501. The minimum Gasteiger partial charge on any atom is -0.478 e. The number of para-hydroxylation sites is 1. The van der Waals surface area contributed by atoms with E-state index >= 15 is 0 Å². The van der Waals surface area contributed by atoms with Crippen molar-refractivity contribution in [2.75, 3.05) is 26.2 Å². The summed E-state index contributed by atoms with van der Waals surface area (Å²) in [7, 11) is 0. The van der Waals surface area contributed by atoms with Crippen LogP contribution in [-0.2, 0) is 9.59 Å². The standard InChI is InChI=1S/C15H19FN2O3/c1-2-13(21-14-6-4-3-5-12(14)16)15(20)18-9-7-17(11-19)8-10-18/h3-6,11,13H,2,7-10H2,1H3/t13-/m1/s1. The molecule has 6 heteroatoms. The van der Waals surface area contributed by atoms with Gasteiger partial charge in [0.2, 0.25) is 6.41 Å². The molecule has 0 radical (unpaired) electrons. The average Bonchev–Trinajstić information content (AvgIpc) is 2.53. The molecule has 2 amide bonds. The van der Waals surface area contributed by atoms with Crippen molar-refractivity contribution in [1.82, 2.24) is 9.80 Å². The predicted octanol–water partition coefficient (Wildman–Crippen LogP) is 1.28. The number of halogens is 1. The van der Waals surface area contributed by atoms with Crippen LogP contribution in [0.4, 0.5) is 4.39 Å². The van der Waals surface area contributed by atoms with Gasteiger partial charge in [0.05, 0.1) is 0 Å². The van der Waals surface area contributed by atoms with E-state index in [0.29, 0.717) is 32.6 Å². The lowest BCUT2D eigenvalue weighted by atomic mass is 10.2. The van der Waals surface area contributed by atoms with Crippen LogP contribution < -0.4 is 4.74 Å². The maximum Gasteiger partial charge on any atom is 0.263 e. The Morgan fingerprint density at radius 3 is 2.57 bits per heavy atom. The third-order valence-corrected chi connectivity index (χ3v) is 3.53. The maximum atomic E-state index is 13.6. The van der Waals surface area contributed by atoms with Crippen LogP contribution in [0.1, 0.15) is 13.3 Å². The van der Waals surface area contributed by atoms with Crippen molar-refractivity contribution >= 4 is 12.3 Å². The smallest absolute Gasteiger partial charge is 0.263 e. The Labute approximate surface area is 123 Å². The van der Waals surface area contributed by atoms with Crippen LogP contribution in [0.3, 0.4) is 0 Å². The van der Waals surface area contributed by atoms with E-state index in [1.807, 2.05) is 6.92 Å². The van der Waals surface area contributed by atoms with E-state index in [1.165, 1.54) is 12.1 Å². The van der Waals surface area contributed by atoms with Crippen molar-refractivity contribution in [1.29, 1.82) is 0 Å². The molecular weight excluding hydrogens is 275 g/mol. The first kappa shape index (κ1) is 15.3. The number of carbonyl (C=O) groups excluding carboxylic acids is 2. The van der Waals surface area contributed by atoms with Crippen LogP contribution in [0.5, 0.6) is 5.75 Å². The van der Waals surface area contributed by atoms with Gasteiger partial charge in [0.1, 0.15) is 0 Å². The van der Waals surface area contributed by atoms with Gasteiger partial charge < -0.3 is 14.5 Å². The molecule has 2 rings (SSSR count). The van der Waals surface area contributed by atoms with E-state index in [4.69, 9.17) is 4.74 Å². The van der Waals surface area contributed by atoms with E-state index in [1.54, 1.807) is 21.9 Å². The van der Waals surface area contributed by atoms with Gasteiger partial charge in [-0.2, -0.15) is 0 Å². The summed E-state index contributed by atoms with van der Waals surface area (Å²) in [5.41, 5.74) is 0. The summed E-state index contributed by atoms with van der Waals surface area (Å²) < 4.78 is 19.1. The molecule has 21 heavy (non-hydrogen) atoms. The summed E-state index contributed by atoms with van der Waals surface area (Å²) >= 11 is 0. The summed E-state index contributed by atoms with van der Waals surface area (Å²) in [6, 6.07) is 6.05. The van der Waals surface area contributed by atoms with Crippen LogP contribution in [0, 0.1) is 5.82 Å². The highest BCUT2D eigenvalue weighted by atomic mass is 19.1. The van der Waals surface area contributed by atoms with Gasteiger partial charge in [-0.05, 0) is 18.6 Å². The SMILES string of the molecule is CC[C@@H](Oc1ccccc1F)C(=O)N1CCN(C=O)CC1. The molecule has 1 aliphatic rings. The number of piperazine rings is 1. The molecule has 1 saturated heterocycles. The van der Waals surface area contributed by atoms with Crippen molar-refractivity contribution in [3.05, 3.63) is 30.1 Å².